The zero-order chi connectivity index (χ0) is 26.8. The van der Waals surface area contributed by atoms with Crippen LogP contribution in [0, 0.1) is 17.2 Å². The number of carbonyl (C=O) groups is 1. The third-order valence-corrected chi connectivity index (χ3v) is 6.84. The number of nitrogens with one attached hydrogen (secondary N) is 1. The van der Waals surface area contributed by atoms with E-state index in [1.807, 2.05) is 56.5 Å². The minimum absolute atomic E-state index is 0.0279. The molecule has 0 aliphatic carbocycles. The summed E-state index contributed by atoms with van der Waals surface area (Å²) in [6, 6.07) is 18.1. The normalized spacial score (nSPS) is 18.6. The van der Waals surface area contributed by atoms with Crippen molar-refractivity contribution in [2.45, 2.75) is 65.8 Å². The van der Waals surface area contributed by atoms with E-state index in [-0.39, 0.29) is 35.5 Å². The summed E-state index contributed by atoms with van der Waals surface area (Å²) in [6.45, 7) is 15.6. The summed E-state index contributed by atoms with van der Waals surface area (Å²) in [5, 5.41) is 8.95. The Morgan fingerprint density at radius 1 is 0.811 bits per heavy atom. The molecule has 1 aliphatic heterocycles. The first kappa shape index (κ1) is 27.1. The van der Waals surface area contributed by atoms with Crippen LogP contribution < -0.4 is 5.62 Å². The molecule has 0 bridgehead atoms. The molecule has 1 aromatic heterocycles. The van der Waals surface area contributed by atoms with Gasteiger partial charge in [0.15, 0.2) is 0 Å². The molecular weight excluding hydrogens is 464 g/mol. The topological polar surface area (TPSA) is 72.5 Å². The van der Waals surface area contributed by atoms with Gasteiger partial charge in [-0.2, -0.15) is 0 Å². The number of carbonyl (C=O) groups excluding carboxylic acids is 1. The summed E-state index contributed by atoms with van der Waals surface area (Å²) >= 11 is 0. The molecule has 0 unspecified atom stereocenters. The Balaban J connectivity index is 1.54. The molecule has 1 saturated heterocycles. The van der Waals surface area contributed by atoms with Crippen LogP contribution in [0.25, 0.3) is 11.0 Å². The fraction of sp³-hybridized carbons (Fsp3) is 0.533. The first-order chi connectivity index (χ1) is 17.4. The van der Waals surface area contributed by atoms with Gasteiger partial charge in [-0.25, -0.2) is 0 Å². The monoisotopic (exact) mass is 506 g/mol. The standard InChI is InChI=1S/C30H42N4O3/c1-29(2,3)36-20-23-17-32(18-24(23)21-37-30(4,5)6)27(35)19-34-26-15-11-10-14-25(26)33(28(34)31)16-22-12-8-7-9-13-22/h7-15,23-24,31H,16-21H2,1-6H3/t23-,24+. The van der Waals surface area contributed by atoms with Crippen LogP contribution in [0.1, 0.15) is 47.1 Å². The molecule has 2 heterocycles. The number of amides is 1. The van der Waals surface area contributed by atoms with E-state index >= 15 is 0 Å². The van der Waals surface area contributed by atoms with Gasteiger partial charge >= 0.3 is 0 Å². The third-order valence-electron chi connectivity index (χ3n) is 6.84. The van der Waals surface area contributed by atoms with E-state index in [9.17, 15) is 4.79 Å². The number of benzene rings is 2. The number of ether oxygens (including phenoxy) is 2. The van der Waals surface area contributed by atoms with Crippen molar-refractivity contribution in [3.05, 3.63) is 65.8 Å². The molecule has 0 radical (unpaired) electrons. The fourth-order valence-corrected chi connectivity index (χ4v) is 4.85. The number of aromatic nitrogens is 2. The number of likely N-dealkylation sites (tertiary alicyclic amines) is 1. The van der Waals surface area contributed by atoms with Crippen molar-refractivity contribution < 1.29 is 14.3 Å². The van der Waals surface area contributed by atoms with Crippen LogP contribution >= 0.6 is 0 Å². The summed E-state index contributed by atoms with van der Waals surface area (Å²) in [5.41, 5.74) is 2.85. The summed E-state index contributed by atoms with van der Waals surface area (Å²) in [4.78, 5) is 15.5. The predicted molar refractivity (Wildman–Crippen MR) is 146 cm³/mol. The second-order valence-electron chi connectivity index (χ2n) is 12.1. The smallest absolute Gasteiger partial charge is 0.242 e. The lowest BCUT2D eigenvalue weighted by Gasteiger charge is -2.27. The van der Waals surface area contributed by atoms with E-state index < -0.39 is 0 Å². The quantitative estimate of drug-likeness (QED) is 0.482. The van der Waals surface area contributed by atoms with Crippen LogP contribution in [0.5, 0.6) is 0 Å². The van der Waals surface area contributed by atoms with Crippen LogP contribution in [0.4, 0.5) is 0 Å². The molecule has 1 fully saturated rings. The average molecular weight is 507 g/mol. The first-order valence-electron chi connectivity index (χ1n) is 13.2. The van der Waals surface area contributed by atoms with Crippen LogP contribution in [0.3, 0.4) is 0 Å². The number of hydrogen-bond acceptors (Lipinski definition) is 4. The van der Waals surface area contributed by atoms with Gasteiger partial charge in [-0.1, -0.05) is 42.5 Å². The SMILES string of the molecule is CC(C)(C)OC[C@@H]1CN(C(=O)Cn2c(=N)n(Cc3ccccc3)c3ccccc32)C[C@@H]1COC(C)(C)C. The number of hydrogen-bond donors (Lipinski definition) is 1. The largest absolute Gasteiger partial charge is 0.375 e. The molecule has 7 heteroatoms. The van der Waals surface area contributed by atoms with E-state index in [0.717, 1.165) is 16.6 Å². The van der Waals surface area contributed by atoms with Crippen molar-refractivity contribution >= 4 is 16.9 Å². The Kier molecular flexibility index (Phi) is 7.95. The maximum atomic E-state index is 13.6. The number of fused-ring (bicyclic) bond motifs is 1. The lowest BCUT2D eigenvalue weighted by Crippen LogP contribution is -2.36. The lowest BCUT2D eigenvalue weighted by atomic mass is 9.97. The number of imidazole rings is 1. The third kappa shape index (κ3) is 6.90. The highest BCUT2D eigenvalue weighted by Crippen LogP contribution is 2.28. The number of para-hydroxylation sites is 2. The molecule has 1 N–H and O–H groups in total. The van der Waals surface area contributed by atoms with Gasteiger partial charge in [0, 0.05) is 24.9 Å². The molecule has 1 aliphatic rings. The van der Waals surface area contributed by atoms with E-state index in [1.54, 1.807) is 0 Å². The summed E-state index contributed by atoms with van der Waals surface area (Å²) < 4.78 is 16.1. The second-order valence-corrected chi connectivity index (χ2v) is 12.1. The predicted octanol–water partition coefficient (Wildman–Crippen LogP) is 4.68. The van der Waals surface area contributed by atoms with Crippen LogP contribution in [0.15, 0.2) is 54.6 Å². The van der Waals surface area contributed by atoms with Gasteiger partial charge in [0.05, 0.1) is 42.0 Å². The highest BCUT2D eigenvalue weighted by atomic mass is 16.5. The van der Waals surface area contributed by atoms with Crippen molar-refractivity contribution in [3.8, 4) is 0 Å². The van der Waals surface area contributed by atoms with Crippen LogP contribution in [0.2, 0.25) is 0 Å². The molecule has 2 atom stereocenters. The first-order valence-corrected chi connectivity index (χ1v) is 13.2. The van der Waals surface area contributed by atoms with E-state index in [0.29, 0.717) is 38.5 Å². The number of rotatable bonds is 8. The van der Waals surface area contributed by atoms with Crippen molar-refractivity contribution in [2.24, 2.45) is 11.8 Å². The lowest BCUT2D eigenvalue weighted by molar-refractivity contribution is -0.131. The maximum Gasteiger partial charge on any atom is 0.242 e. The van der Waals surface area contributed by atoms with Crippen molar-refractivity contribution in [1.82, 2.24) is 14.0 Å². The van der Waals surface area contributed by atoms with Crippen LogP contribution in [-0.4, -0.2) is 57.4 Å². The van der Waals surface area contributed by atoms with Gasteiger partial charge in [0.25, 0.3) is 0 Å². The van der Waals surface area contributed by atoms with Crippen molar-refractivity contribution in [3.63, 3.8) is 0 Å². The summed E-state index contributed by atoms with van der Waals surface area (Å²) in [5.74, 6) is 0.455. The van der Waals surface area contributed by atoms with Crippen molar-refractivity contribution in [2.75, 3.05) is 26.3 Å². The molecule has 0 spiro atoms. The highest BCUT2D eigenvalue weighted by molar-refractivity contribution is 5.81. The molecule has 4 rings (SSSR count). The van der Waals surface area contributed by atoms with Gasteiger partial charge < -0.3 is 23.5 Å². The Bertz CT molecular complexity index is 1240. The van der Waals surface area contributed by atoms with Crippen molar-refractivity contribution in [1.29, 1.82) is 5.41 Å². The zero-order valence-corrected chi connectivity index (χ0v) is 23.2. The molecule has 2 aromatic carbocycles. The van der Waals surface area contributed by atoms with Gasteiger partial charge in [-0.3, -0.25) is 10.2 Å². The average Bonchev–Trinajstić information content (AvgIpc) is 3.36. The van der Waals surface area contributed by atoms with Gasteiger partial charge in [0.1, 0.15) is 6.54 Å². The minimum atomic E-state index is -0.233. The molecule has 37 heavy (non-hydrogen) atoms. The van der Waals surface area contributed by atoms with E-state index in [4.69, 9.17) is 14.9 Å². The van der Waals surface area contributed by atoms with Gasteiger partial charge in [0.2, 0.25) is 11.5 Å². The molecule has 0 saturated carbocycles. The maximum absolute atomic E-state index is 13.6. The van der Waals surface area contributed by atoms with Gasteiger partial charge in [-0.15, -0.1) is 0 Å². The Labute approximate surface area is 220 Å². The Morgan fingerprint density at radius 3 is 1.81 bits per heavy atom. The number of nitrogens with zero attached hydrogens (tertiary/aromatic N) is 3. The molecule has 7 nitrogen and oxygen atoms in total. The van der Waals surface area contributed by atoms with Gasteiger partial charge in [-0.05, 0) is 59.2 Å². The highest BCUT2D eigenvalue weighted by Gasteiger charge is 2.37. The summed E-state index contributed by atoms with van der Waals surface area (Å²) in [7, 11) is 0. The zero-order valence-electron chi connectivity index (χ0n) is 23.2. The van der Waals surface area contributed by atoms with E-state index in [1.165, 1.54) is 0 Å². The molecule has 1 amide bonds. The van der Waals surface area contributed by atoms with Crippen LogP contribution in [-0.2, 0) is 27.4 Å². The Morgan fingerprint density at radius 2 is 1.30 bits per heavy atom. The molecular formula is C30H42N4O3. The summed E-state index contributed by atoms with van der Waals surface area (Å²) in [6.07, 6.45) is 0. The Hall–Kier alpha value is -2.90. The fourth-order valence-electron chi connectivity index (χ4n) is 4.85. The molecule has 3 aromatic rings. The van der Waals surface area contributed by atoms with E-state index in [2.05, 4.69) is 53.7 Å². The second kappa shape index (κ2) is 10.8. The minimum Gasteiger partial charge on any atom is -0.375 e. The molecule has 200 valence electrons.